The molecule has 0 radical (unpaired) electrons. The number of benzene rings is 2. The largest absolute Gasteiger partial charge is 0.352 e. The van der Waals surface area contributed by atoms with E-state index in [-0.39, 0.29) is 30.3 Å². The van der Waals surface area contributed by atoms with Crippen LogP contribution in [0.4, 0.5) is 0 Å². The number of carbonyl (C=O) groups is 2. The van der Waals surface area contributed by atoms with Crippen LogP contribution in [0.2, 0.25) is 0 Å². The first-order valence-electron chi connectivity index (χ1n) is 10.4. The van der Waals surface area contributed by atoms with Crippen LogP contribution in [-0.2, 0) is 16.0 Å². The number of nitrogens with two attached hydrogens (primary N) is 1. The molecule has 2 atom stereocenters. The Bertz CT molecular complexity index is 824. The van der Waals surface area contributed by atoms with Crippen molar-refractivity contribution >= 4 is 24.2 Å². The molecule has 1 heterocycles. The summed E-state index contributed by atoms with van der Waals surface area (Å²) in [5, 5.41) is 2.95. The Morgan fingerprint density at radius 2 is 1.70 bits per heavy atom. The number of hydrogen-bond donors (Lipinski definition) is 2. The summed E-state index contributed by atoms with van der Waals surface area (Å²) in [6, 6.07) is 17.2. The topological polar surface area (TPSA) is 75.4 Å². The highest BCUT2D eigenvalue weighted by atomic mass is 35.5. The van der Waals surface area contributed by atoms with E-state index in [0.717, 1.165) is 17.5 Å². The minimum atomic E-state index is -0.401. The van der Waals surface area contributed by atoms with Crippen LogP contribution in [0.3, 0.4) is 0 Å². The van der Waals surface area contributed by atoms with Gasteiger partial charge in [-0.3, -0.25) is 9.59 Å². The number of carbonyl (C=O) groups excluding carboxylic acids is 2. The first-order valence-corrected chi connectivity index (χ1v) is 10.4. The van der Waals surface area contributed by atoms with Crippen molar-refractivity contribution in [1.29, 1.82) is 0 Å². The number of halogens is 1. The van der Waals surface area contributed by atoms with E-state index in [4.69, 9.17) is 5.73 Å². The second kappa shape index (κ2) is 11.1. The van der Waals surface area contributed by atoms with Crippen LogP contribution in [0.25, 0.3) is 0 Å². The molecular formula is C24H32ClN3O2. The lowest BCUT2D eigenvalue weighted by Crippen LogP contribution is -2.47. The van der Waals surface area contributed by atoms with Crippen molar-refractivity contribution in [3.05, 3.63) is 71.3 Å². The molecule has 1 aliphatic rings. The lowest BCUT2D eigenvalue weighted by molar-refractivity contribution is -0.138. The highest BCUT2D eigenvalue weighted by Gasteiger charge is 2.33. The summed E-state index contributed by atoms with van der Waals surface area (Å²) < 4.78 is 0. The van der Waals surface area contributed by atoms with Crippen LogP contribution in [-0.4, -0.2) is 35.8 Å². The minimum absolute atomic E-state index is 0. The van der Waals surface area contributed by atoms with Gasteiger partial charge in [-0.05, 0) is 35.4 Å². The first-order chi connectivity index (χ1) is 14.0. The second-order valence-corrected chi connectivity index (χ2v) is 8.08. The zero-order valence-electron chi connectivity index (χ0n) is 17.7. The van der Waals surface area contributed by atoms with Gasteiger partial charge < -0.3 is 16.0 Å². The van der Waals surface area contributed by atoms with Gasteiger partial charge in [0.05, 0.1) is 6.42 Å². The highest BCUT2D eigenvalue weighted by molar-refractivity contribution is 5.89. The molecule has 0 aliphatic carbocycles. The van der Waals surface area contributed by atoms with Gasteiger partial charge in [-0.25, -0.2) is 0 Å². The molecule has 2 aromatic rings. The van der Waals surface area contributed by atoms with E-state index in [1.54, 1.807) is 4.90 Å². The summed E-state index contributed by atoms with van der Waals surface area (Å²) in [6.45, 7) is 5.30. The number of likely N-dealkylation sites (tertiary alicyclic amines) is 1. The number of nitrogens with one attached hydrogen (secondary N) is 1. The highest BCUT2D eigenvalue weighted by Crippen LogP contribution is 2.20. The van der Waals surface area contributed by atoms with E-state index in [1.165, 1.54) is 5.56 Å². The Hall–Kier alpha value is -2.37. The molecule has 3 rings (SSSR count). The quantitative estimate of drug-likeness (QED) is 0.706. The summed E-state index contributed by atoms with van der Waals surface area (Å²) in [7, 11) is 0. The molecule has 2 unspecified atom stereocenters. The van der Waals surface area contributed by atoms with Crippen molar-refractivity contribution in [2.24, 2.45) is 5.73 Å². The lowest BCUT2D eigenvalue weighted by atomic mass is 9.99. The zero-order valence-corrected chi connectivity index (χ0v) is 18.5. The Morgan fingerprint density at radius 1 is 1.07 bits per heavy atom. The fraction of sp³-hybridized carbons (Fsp3) is 0.417. The van der Waals surface area contributed by atoms with Crippen LogP contribution >= 0.6 is 12.4 Å². The molecule has 0 spiro atoms. The van der Waals surface area contributed by atoms with Gasteiger partial charge in [0, 0.05) is 19.1 Å². The van der Waals surface area contributed by atoms with E-state index in [9.17, 15) is 9.59 Å². The molecule has 0 aromatic heterocycles. The number of rotatable bonds is 7. The van der Waals surface area contributed by atoms with Gasteiger partial charge in [-0.1, -0.05) is 68.4 Å². The maximum atomic E-state index is 12.7. The van der Waals surface area contributed by atoms with Gasteiger partial charge in [0.2, 0.25) is 11.8 Å². The predicted molar refractivity (Wildman–Crippen MR) is 123 cm³/mol. The van der Waals surface area contributed by atoms with Gasteiger partial charge in [-0.15, -0.1) is 12.4 Å². The Kier molecular flexibility index (Phi) is 8.88. The van der Waals surface area contributed by atoms with Crippen molar-refractivity contribution < 1.29 is 9.59 Å². The van der Waals surface area contributed by atoms with Crippen molar-refractivity contribution in [3.8, 4) is 0 Å². The molecule has 0 saturated carbocycles. The Labute approximate surface area is 185 Å². The third-order valence-corrected chi connectivity index (χ3v) is 5.60. The standard InChI is InChI=1S/C24H31N3O2.ClH/c1-17(2)19-10-12-20(13-11-19)21(25)16-26-24(29)22-9-6-14-27(22)23(28)15-18-7-4-3-5-8-18;/h3-5,7-8,10-13,17,21-22H,6,9,14-16,25H2,1-2H3,(H,26,29);1H. The average molecular weight is 430 g/mol. The van der Waals surface area contributed by atoms with Crippen molar-refractivity contribution in [2.75, 3.05) is 13.1 Å². The molecule has 0 bridgehead atoms. The van der Waals surface area contributed by atoms with Gasteiger partial charge in [0.1, 0.15) is 6.04 Å². The van der Waals surface area contributed by atoms with E-state index < -0.39 is 6.04 Å². The summed E-state index contributed by atoms with van der Waals surface area (Å²) in [5.74, 6) is 0.363. The molecule has 1 aliphatic heterocycles. The third kappa shape index (κ3) is 6.07. The number of amides is 2. The predicted octanol–water partition coefficient (Wildman–Crippen LogP) is 3.58. The van der Waals surface area contributed by atoms with Crippen LogP contribution in [0.1, 0.15) is 55.3 Å². The van der Waals surface area contributed by atoms with E-state index in [0.29, 0.717) is 31.8 Å². The fourth-order valence-electron chi connectivity index (χ4n) is 3.78. The molecule has 30 heavy (non-hydrogen) atoms. The van der Waals surface area contributed by atoms with Gasteiger partial charge in [-0.2, -0.15) is 0 Å². The maximum Gasteiger partial charge on any atom is 0.242 e. The van der Waals surface area contributed by atoms with Crippen molar-refractivity contribution in [3.63, 3.8) is 0 Å². The molecule has 5 nitrogen and oxygen atoms in total. The van der Waals surface area contributed by atoms with Crippen LogP contribution in [0.15, 0.2) is 54.6 Å². The Balaban J connectivity index is 0.00000320. The third-order valence-electron chi connectivity index (χ3n) is 5.60. The van der Waals surface area contributed by atoms with Gasteiger partial charge in [0.15, 0.2) is 0 Å². The van der Waals surface area contributed by atoms with Crippen LogP contribution in [0.5, 0.6) is 0 Å². The van der Waals surface area contributed by atoms with Crippen LogP contribution < -0.4 is 11.1 Å². The molecule has 1 saturated heterocycles. The smallest absolute Gasteiger partial charge is 0.242 e. The minimum Gasteiger partial charge on any atom is -0.352 e. The number of nitrogens with zero attached hydrogens (tertiary/aromatic N) is 1. The fourth-order valence-corrected chi connectivity index (χ4v) is 3.78. The van der Waals surface area contributed by atoms with Crippen LogP contribution in [0, 0.1) is 0 Å². The molecule has 2 amide bonds. The maximum absolute atomic E-state index is 12.7. The molecule has 2 aromatic carbocycles. The molecule has 1 fully saturated rings. The van der Waals surface area contributed by atoms with Gasteiger partial charge >= 0.3 is 0 Å². The molecule has 6 heteroatoms. The summed E-state index contributed by atoms with van der Waals surface area (Å²) in [4.78, 5) is 27.1. The molecular weight excluding hydrogens is 398 g/mol. The van der Waals surface area contributed by atoms with Crippen molar-refractivity contribution in [2.45, 2.75) is 51.1 Å². The first kappa shape index (κ1) is 23.9. The Morgan fingerprint density at radius 3 is 2.33 bits per heavy atom. The summed E-state index contributed by atoms with van der Waals surface area (Å²) in [6.07, 6.45) is 1.87. The lowest BCUT2D eigenvalue weighted by Gasteiger charge is -2.25. The SMILES string of the molecule is CC(C)c1ccc(C(N)CNC(=O)C2CCCN2C(=O)Cc2ccccc2)cc1.Cl. The van der Waals surface area contributed by atoms with E-state index >= 15 is 0 Å². The average Bonchev–Trinajstić information content (AvgIpc) is 3.23. The normalized spacial score (nSPS) is 16.8. The zero-order chi connectivity index (χ0) is 20.8. The number of hydrogen-bond acceptors (Lipinski definition) is 3. The van der Waals surface area contributed by atoms with Gasteiger partial charge in [0.25, 0.3) is 0 Å². The molecule has 162 valence electrons. The summed E-state index contributed by atoms with van der Waals surface area (Å²) >= 11 is 0. The second-order valence-electron chi connectivity index (χ2n) is 8.08. The van der Waals surface area contributed by atoms with Crippen molar-refractivity contribution in [1.82, 2.24) is 10.2 Å². The molecule has 3 N–H and O–H groups in total. The van der Waals surface area contributed by atoms with E-state index in [2.05, 4.69) is 31.3 Å². The monoisotopic (exact) mass is 429 g/mol. The summed E-state index contributed by atoms with van der Waals surface area (Å²) in [5.41, 5.74) is 9.50. The van der Waals surface area contributed by atoms with E-state index in [1.807, 2.05) is 42.5 Å².